The average molecular weight is 274 g/mol. The molecule has 0 saturated carbocycles. The van der Waals surface area contributed by atoms with Crippen molar-refractivity contribution in [2.24, 2.45) is 0 Å². The lowest BCUT2D eigenvalue weighted by Gasteiger charge is -2.36. The molecule has 1 N–H and O–H groups in total. The predicted octanol–water partition coefficient (Wildman–Crippen LogP) is 1.74. The fourth-order valence-electron chi connectivity index (χ4n) is 2.54. The number of hydrogen-bond donors (Lipinski definition) is 1. The molecule has 4 nitrogen and oxygen atoms in total. The van der Waals surface area contributed by atoms with Crippen LogP contribution in [0.2, 0.25) is 0 Å². The van der Waals surface area contributed by atoms with Crippen molar-refractivity contribution in [1.82, 2.24) is 10.2 Å². The van der Waals surface area contributed by atoms with Gasteiger partial charge in [0.05, 0.1) is 0 Å². The molecule has 1 aromatic rings. The van der Waals surface area contributed by atoms with Gasteiger partial charge in [0, 0.05) is 6.54 Å². The Morgan fingerprint density at radius 1 is 1.10 bits per heavy atom. The average Bonchev–Trinajstić information content (AvgIpc) is 2.45. The maximum absolute atomic E-state index is 12.1. The molecule has 0 spiro atoms. The number of aryl methyl sites for hydroxylation is 1. The number of rotatable bonds is 5. The SMILES string of the molecule is CC1NC(=O)C(C)N(CCCCc2ccccc2)C1=O. The molecule has 2 unspecified atom stereocenters. The summed E-state index contributed by atoms with van der Waals surface area (Å²) in [6.45, 7) is 4.18. The van der Waals surface area contributed by atoms with Gasteiger partial charge in [-0.2, -0.15) is 0 Å². The first-order chi connectivity index (χ1) is 9.59. The molecule has 108 valence electrons. The number of hydrogen-bond acceptors (Lipinski definition) is 2. The molecule has 1 saturated heterocycles. The molecule has 1 heterocycles. The molecule has 0 aliphatic carbocycles. The minimum absolute atomic E-state index is 0.0248. The molecule has 0 radical (unpaired) electrons. The van der Waals surface area contributed by atoms with Crippen molar-refractivity contribution in [1.29, 1.82) is 0 Å². The Morgan fingerprint density at radius 3 is 2.50 bits per heavy atom. The van der Waals surface area contributed by atoms with Crippen molar-refractivity contribution in [3.8, 4) is 0 Å². The normalized spacial score (nSPS) is 22.8. The van der Waals surface area contributed by atoms with Gasteiger partial charge in [0.1, 0.15) is 12.1 Å². The number of carbonyl (C=O) groups is 2. The Kier molecular flexibility index (Phi) is 4.77. The molecule has 2 rings (SSSR count). The topological polar surface area (TPSA) is 49.4 Å². The zero-order valence-corrected chi connectivity index (χ0v) is 12.1. The van der Waals surface area contributed by atoms with Gasteiger partial charge < -0.3 is 10.2 Å². The summed E-state index contributed by atoms with van der Waals surface area (Å²) in [6.07, 6.45) is 2.96. The third-order valence-electron chi connectivity index (χ3n) is 3.82. The first-order valence-corrected chi connectivity index (χ1v) is 7.24. The number of nitrogens with one attached hydrogen (secondary N) is 1. The molecular weight excluding hydrogens is 252 g/mol. The maximum atomic E-state index is 12.1. The zero-order chi connectivity index (χ0) is 14.5. The van der Waals surface area contributed by atoms with Crippen LogP contribution in [0, 0.1) is 0 Å². The van der Waals surface area contributed by atoms with Crippen molar-refractivity contribution in [3.63, 3.8) is 0 Å². The van der Waals surface area contributed by atoms with Crippen LogP contribution in [-0.2, 0) is 16.0 Å². The highest BCUT2D eigenvalue weighted by atomic mass is 16.2. The quantitative estimate of drug-likeness (QED) is 0.832. The summed E-state index contributed by atoms with van der Waals surface area (Å²) in [4.78, 5) is 25.5. The monoisotopic (exact) mass is 274 g/mol. The lowest BCUT2D eigenvalue weighted by Crippen LogP contribution is -2.61. The summed E-state index contributed by atoms with van der Waals surface area (Å²) in [6, 6.07) is 9.57. The summed E-state index contributed by atoms with van der Waals surface area (Å²) >= 11 is 0. The van der Waals surface area contributed by atoms with E-state index >= 15 is 0 Å². The fourth-order valence-corrected chi connectivity index (χ4v) is 2.54. The predicted molar refractivity (Wildman–Crippen MR) is 78.2 cm³/mol. The first-order valence-electron chi connectivity index (χ1n) is 7.24. The molecule has 0 bridgehead atoms. The van der Waals surface area contributed by atoms with Crippen molar-refractivity contribution < 1.29 is 9.59 Å². The summed E-state index contributed by atoms with van der Waals surface area (Å²) in [5.41, 5.74) is 1.32. The van der Waals surface area contributed by atoms with E-state index < -0.39 is 6.04 Å². The van der Waals surface area contributed by atoms with E-state index in [0.29, 0.717) is 6.54 Å². The molecule has 1 aliphatic heterocycles. The molecule has 4 heteroatoms. The van der Waals surface area contributed by atoms with E-state index in [-0.39, 0.29) is 17.9 Å². The summed E-state index contributed by atoms with van der Waals surface area (Å²) in [5, 5.41) is 2.69. The second kappa shape index (κ2) is 6.55. The van der Waals surface area contributed by atoms with E-state index in [1.54, 1.807) is 18.7 Å². The van der Waals surface area contributed by atoms with E-state index in [2.05, 4.69) is 17.4 Å². The van der Waals surface area contributed by atoms with Crippen LogP contribution in [0.3, 0.4) is 0 Å². The number of carbonyl (C=O) groups excluding carboxylic acids is 2. The van der Waals surface area contributed by atoms with E-state index in [1.807, 2.05) is 18.2 Å². The Labute approximate surface area is 120 Å². The number of unbranched alkanes of at least 4 members (excludes halogenated alkanes) is 1. The minimum Gasteiger partial charge on any atom is -0.343 e. The molecule has 2 atom stereocenters. The summed E-state index contributed by atoms with van der Waals surface area (Å²) < 4.78 is 0. The Morgan fingerprint density at radius 2 is 1.80 bits per heavy atom. The van der Waals surface area contributed by atoms with E-state index in [1.165, 1.54) is 5.56 Å². The highest BCUT2D eigenvalue weighted by Gasteiger charge is 2.34. The van der Waals surface area contributed by atoms with Crippen molar-refractivity contribution in [2.75, 3.05) is 6.54 Å². The zero-order valence-electron chi connectivity index (χ0n) is 12.1. The van der Waals surface area contributed by atoms with Crippen LogP contribution >= 0.6 is 0 Å². The van der Waals surface area contributed by atoms with E-state index in [0.717, 1.165) is 19.3 Å². The van der Waals surface area contributed by atoms with Gasteiger partial charge in [0.2, 0.25) is 11.8 Å². The van der Waals surface area contributed by atoms with Gasteiger partial charge in [-0.3, -0.25) is 9.59 Å². The fraction of sp³-hybridized carbons (Fsp3) is 0.500. The van der Waals surface area contributed by atoms with Gasteiger partial charge in [-0.05, 0) is 38.7 Å². The standard InChI is InChI=1S/C16H22N2O2/c1-12-16(20)18(13(2)15(19)17-12)11-7-6-10-14-8-4-3-5-9-14/h3-5,8-9,12-13H,6-7,10-11H2,1-2H3,(H,17,19). The van der Waals surface area contributed by atoms with Crippen LogP contribution in [0.5, 0.6) is 0 Å². The first kappa shape index (κ1) is 14.6. The number of benzene rings is 1. The molecular formula is C16H22N2O2. The second-order valence-corrected chi connectivity index (χ2v) is 5.38. The van der Waals surface area contributed by atoms with Crippen molar-refractivity contribution in [2.45, 2.75) is 45.2 Å². The Hall–Kier alpha value is -1.84. The number of nitrogens with zero attached hydrogens (tertiary/aromatic N) is 1. The summed E-state index contributed by atoms with van der Waals surface area (Å²) in [7, 11) is 0. The largest absolute Gasteiger partial charge is 0.343 e. The van der Waals surface area contributed by atoms with Gasteiger partial charge >= 0.3 is 0 Å². The van der Waals surface area contributed by atoms with Gasteiger partial charge in [-0.25, -0.2) is 0 Å². The van der Waals surface area contributed by atoms with Gasteiger partial charge in [0.15, 0.2) is 0 Å². The molecule has 1 aliphatic rings. The smallest absolute Gasteiger partial charge is 0.245 e. The molecule has 0 aromatic heterocycles. The van der Waals surface area contributed by atoms with Crippen molar-refractivity contribution in [3.05, 3.63) is 35.9 Å². The third kappa shape index (κ3) is 3.38. The minimum atomic E-state index is -0.396. The Bertz CT molecular complexity index is 473. The van der Waals surface area contributed by atoms with Crippen LogP contribution in [0.4, 0.5) is 0 Å². The Balaban J connectivity index is 1.80. The van der Waals surface area contributed by atoms with E-state index in [9.17, 15) is 9.59 Å². The van der Waals surface area contributed by atoms with Gasteiger partial charge in [-0.15, -0.1) is 0 Å². The second-order valence-electron chi connectivity index (χ2n) is 5.38. The van der Waals surface area contributed by atoms with Gasteiger partial charge in [0.25, 0.3) is 0 Å². The highest BCUT2D eigenvalue weighted by molar-refractivity contribution is 5.96. The number of amides is 2. The molecule has 1 aromatic carbocycles. The van der Waals surface area contributed by atoms with Crippen molar-refractivity contribution >= 4 is 11.8 Å². The third-order valence-corrected chi connectivity index (χ3v) is 3.82. The van der Waals surface area contributed by atoms with E-state index in [4.69, 9.17) is 0 Å². The summed E-state index contributed by atoms with van der Waals surface area (Å²) in [5.74, 6) is -0.0306. The van der Waals surface area contributed by atoms with Crippen LogP contribution in [0.1, 0.15) is 32.3 Å². The van der Waals surface area contributed by atoms with Crippen LogP contribution in [-0.4, -0.2) is 35.3 Å². The number of piperazine rings is 1. The van der Waals surface area contributed by atoms with Crippen LogP contribution in [0.15, 0.2) is 30.3 Å². The molecule has 2 amide bonds. The highest BCUT2D eigenvalue weighted by Crippen LogP contribution is 2.12. The lowest BCUT2D eigenvalue weighted by atomic mass is 10.1. The molecule has 20 heavy (non-hydrogen) atoms. The van der Waals surface area contributed by atoms with Gasteiger partial charge in [-0.1, -0.05) is 30.3 Å². The molecule has 1 fully saturated rings. The van der Waals surface area contributed by atoms with Crippen LogP contribution in [0.25, 0.3) is 0 Å². The maximum Gasteiger partial charge on any atom is 0.245 e. The lowest BCUT2D eigenvalue weighted by molar-refractivity contribution is -0.148. The van der Waals surface area contributed by atoms with Crippen LogP contribution < -0.4 is 5.32 Å².